The van der Waals surface area contributed by atoms with Gasteiger partial charge in [-0.25, -0.2) is 14.4 Å². The molecule has 20 heavy (non-hydrogen) atoms. The Labute approximate surface area is 118 Å². The topological polar surface area (TPSA) is 75.1 Å². The molecule has 0 bridgehead atoms. The van der Waals surface area contributed by atoms with E-state index in [4.69, 9.17) is 5.11 Å². The number of halogens is 1. The average molecular weight is 283 g/mol. The standard InChI is InChI=1S/C14H22FN3O2/c1-4-10-12(15)13(18-9-17-10)16-8-7-14(2,3)6-5-11(19)20/h9H,4-8H2,1-3H3,(H,19,20)(H,16,17,18). The van der Waals surface area contributed by atoms with Gasteiger partial charge in [0.1, 0.15) is 6.33 Å². The van der Waals surface area contributed by atoms with Crippen molar-refractivity contribution in [3.63, 3.8) is 0 Å². The van der Waals surface area contributed by atoms with Crippen LogP contribution in [0.3, 0.4) is 0 Å². The summed E-state index contributed by atoms with van der Waals surface area (Å²) in [5.41, 5.74) is 0.287. The molecule has 0 aliphatic heterocycles. The molecule has 0 fully saturated rings. The maximum absolute atomic E-state index is 13.9. The second-order valence-electron chi connectivity index (χ2n) is 5.57. The van der Waals surface area contributed by atoms with Gasteiger partial charge >= 0.3 is 5.97 Å². The maximum Gasteiger partial charge on any atom is 0.303 e. The van der Waals surface area contributed by atoms with E-state index < -0.39 is 11.8 Å². The van der Waals surface area contributed by atoms with Crippen LogP contribution in [0.5, 0.6) is 0 Å². The fourth-order valence-electron chi connectivity index (χ4n) is 1.87. The minimum absolute atomic E-state index is 0.109. The van der Waals surface area contributed by atoms with Crippen LogP contribution in [0.2, 0.25) is 0 Å². The molecule has 0 aromatic carbocycles. The molecule has 0 amide bonds. The van der Waals surface area contributed by atoms with Gasteiger partial charge in [-0.3, -0.25) is 4.79 Å². The second kappa shape index (κ2) is 7.17. The van der Waals surface area contributed by atoms with Crippen molar-refractivity contribution >= 4 is 11.8 Å². The molecule has 0 aliphatic rings. The average Bonchev–Trinajstić information content (AvgIpc) is 2.38. The molecule has 0 unspecified atom stereocenters. The van der Waals surface area contributed by atoms with E-state index in [0.29, 0.717) is 25.1 Å². The third-order valence-electron chi connectivity index (χ3n) is 3.31. The van der Waals surface area contributed by atoms with Crippen LogP contribution >= 0.6 is 0 Å². The molecule has 5 nitrogen and oxygen atoms in total. The number of carbonyl (C=O) groups is 1. The van der Waals surface area contributed by atoms with Gasteiger partial charge in [-0.2, -0.15) is 0 Å². The highest BCUT2D eigenvalue weighted by molar-refractivity contribution is 5.66. The number of aryl methyl sites for hydroxylation is 1. The third-order valence-corrected chi connectivity index (χ3v) is 3.31. The summed E-state index contributed by atoms with van der Waals surface area (Å²) in [4.78, 5) is 18.3. The molecule has 6 heteroatoms. The molecule has 0 atom stereocenters. The van der Waals surface area contributed by atoms with Crippen LogP contribution in [0, 0.1) is 11.2 Å². The van der Waals surface area contributed by atoms with Gasteiger partial charge in [0.15, 0.2) is 11.6 Å². The number of aromatic nitrogens is 2. The summed E-state index contributed by atoms with van der Waals surface area (Å²) in [5, 5.41) is 11.7. The van der Waals surface area contributed by atoms with Gasteiger partial charge in [0.05, 0.1) is 5.69 Å². The third kappa shape index (κ3) is 5.11. The van der Waals surface area contributed by atoms with Crippen molar-refractivity contribution < 1.29 is 14.3 Å². The van der Waals surface area contributed by atoms with Crippen molar-refractivity contribution in [2.45, 2.75) is 46.5 Å². The van der Waals surface area contributed by atoms with Gasteiger partial charge in [-0.1, -0.05) is 20.8 Å². The molecule has 112 valence electrons. The minimum Gasteiger partial charge on any atom is -0.481 e. The molecule has 1 heterocycles. The van der Waals surface area contributed by atoms with Crippen molar-refractivity contribution in [1.82, 2.24) is 9.97 Å². The van der Waals surface area contributed by atoms with Gasteiger partial charge in [0.2, 0.25) is 0 Å². The lowest BCUT2D eigenvalue weighted by Gasteiger charge is -2.24. The number of anilines is 1. The highest BCUT2D eigenvalue weighted by atomic mass is 19.1. The zero-order valence-corrected chi connectivity index (χ0v) is 12.2. The van der Waals surface area contributed by atoms with E-state index in [9.17, 15) is 9.18 Å². The fraction of sp³-hybridized carbons (Fsp3) is 0.643. The van der Waals surface area contributed by atoms with E-state index in [1.54, 1.807) is 0 Å². The summed E-state index contributed by atoms with van der Waals surface area (Å²) in [6, 6.07) is 0. The highest BCUT2D eigenvalue weighted by Crippen LogP contribution is 2.26. The van der Waals surface area contributed by atoms with E-state index in [1.165, 1.54) is 6.33 Å². The lowest BCUT2D eigenvalue weighted by molar-refractivity contribution is -0.137. The Kier molecular flexibility index (Phi) is 5.85. The van der Waals surface area contributed by atoms with E-state index in [2.05, 4.69) is 15.3 Å². The summed E-state index contributed by atoms with van der Waals surface area (Å²) < 4.78 is 13.9. The zero-order valence-electron chi connectivity index (χ0n) is 12.2. The summed E-state index contributed by atoms with van der Waals surface area (Å²) in [6.07, 6.45) is 3.35. The number of hydrogen-bond donors (Lipinski definition) is 2. The van der Waals surface area contributed by atoms with Crippen LogP contribution in [0.1, 0.15) is 45.7 Å². The highest BCUT2D eigenvalue weighted by Gasteiger charge is 2.19. The van der Waals surface area contributed by atoms with E-state index in [-0.39, 0.29) is 17.7 Å². The molecule has 0 aliphatic carbocycles. The van der Waals surface area contributed by atoms with E-state index in [1.807, 2.05) is 20.8 Å². The van der Waals surface area contributed by atoms with Crippen LogP contribution in [0.4, 0.5) is 10.2 Å². The van der Waals surface area contributed by atoms with E-state index >= 15 is 0 Å². The Balaban J connectivity index is 2.50. The predicted octanol–water partition coefficient (Wildman–Crippen LogP) is 2.87. The van der Waals surface area contributed by atoms with E-state index in [0.717, 1.165) is 6.42 Å². The van der Waals surface area contributed by atoms with Gasteiger partial charge in [0, 0.05) is 13.0 Å². The Bertz CT molecular complexity index is 464. The first-order valence-electron chi connectivity index (χ1n) is 6.81. The molecule has 2 N–H and O–H groups in total. The largest absolute Gasteiger partial charge is 0.481 e. The van der Waals surface area contributed by atoms with Crippen LogP contribution in [-0.4, -0.2) is 27.6 Å². The Morgan fingerprint density at radius 1 is 1.40 bits per heavy atom. The summed E-state index contributed by atoms with van der Waals surface area (Å²) >= 11 is 0. The molecule has 0 saturated carbocycles. The van der Waals surface area contributed by atoms with Crippen LogP contribution in [0.25, 0.3) is 0 Å². The smallest absolute Gasteiger partial charge is 0.303 e. The molecule has 1 aromatic heterocycles. The number of nitrogens with zero attached hydrogens (tertiary/aromatic N) is 2. The minimum atomic E-state index is -0.791. The normalized spacial score (nSPS) is 11.4. The first-order chi connectivity index (χ1) is 9.35. The monoisotopic (exact) mass is 283 g/mol. The van der Waals surface area contributed by atoms with Gasteiger partial charge in [-0.05, 0) is 24.7 Å². The maximum atomic E-state index is 13.9. The number of aliphatic carboxylic acids is 1. The predicted molar refractivity (Wildman–Crippen MR) is 75.1 cm³/mol. The number of hydrogen-bond acceptors (Lipinski definition) is 4. The van der Waals surface area contributed by atoms with Gasteiger partial charge < -0.3 is 10.4 Å². The lowest BCUT2D eigenvalue weighted by Crippen LogP contribution is -2.19. The van der Waals surface area contributed by atoms with Crippen molar-refractivity contribution in [2.24, 2.45) is 5.41 Å². The molecule has 0 spiro atoms. The molecular formula is C14H22FN3O2. The van der Waals surface area contributed by atoms with Crippen molar-refractivity contribution in [3.8, 4) is 0 Å². The number of carboxylic acid groups (broad SMARTS) is 1. The quantitative estimate of drug-likeness (QED) is 0.767. The molecule has 0 saturated heterocycles. The van der Waals surface area contributed by atoms with Gasteiger partial charge in [0.25, 0.3) is 0 Å². The first kappa shape index (κ1) is 16.3. The Morgan fingerprint density at radius 2 is 2.10 bits per heavy atom. The van der Waals surface area contributed by atoms with Crippen molar-refractivity contribution in [1.29, 1.82) is 0 Å². The molecule has 1 rings (SSSR count). The van der Waals surface area contributed by atoms with Crippen LogP contribution < -0.4 is 5.32 Å². The zero-order chi connectivity index (χ0) is 15.2. The summed E-state index contributed by atoms with van der Waals surface area (Å²) in [7, 11) is 0. The van der Waals surface area contributed by atoms with Crippen LogP contribution in [-0.2, 0) is 11.2 Å². The fourth-order valence-corrected chi connectivity index (χ4v) is 1.87. The molecule has 1 aromatic rings. The number of carboxylic acids is 1. The Morgan fingerprint density at radius 3 is 2.70 bits per heavy atom. The SMILES string of the molecule is CCc1ncnc(NCCC(C)(C)CCC(=O)O)c1F. The Hall–Kier alpha value is -1.72. The molecule has 0 radical (unpaired) electrons. The molecular weight excluding hydrogens is 261 g/mol. The van der Waals surface area contributed by atoms with Gasteiger partial charge in [-0.15, -0.1) is 0 Å². The summed E-state index contributed by atoms with van der Waals surface area (Å²) in [6.45, 7) is 6.39. The van der Waals surface area contributed by atoms with Crippen LogP contribution in [0.15, 0.2) is 6.33 Å². The van der Waals surface area contributed by atoms with Crippen molar-refractivity contribution in [3.05, 3.63) is 17.8 Å². The van der Waals surface area contributed by atoms with Crippen molar-refractivity contribution in [2.75, 3.05) is 11.9 Å². The lowest BCUT2D eigenvalue weighted by atomic mass is 9.84. The first-order valence-corrected chi connectivity index (χ1v) is 6.81. The second-order valence-corrected chi connectivity index (χ2v) is 5.57. The number of nitrogens with one attached hydrogen (secondary N) is 1. The number of rotatable bonds is 8. The summed E-state index contributed by atoms with van der Waals surface area (Å²) in [5.74, 6) is -0.982.